The Labute approximate surface area is 46.9 Å². The van der Waals surface area contributed by atoms with Crippen molar-refractivity contribution in [3.63, 3.8) is 0 Å². The predicted molar refractivity (Wildman–Crippen MR) is 29.6 cm³/mol. The van der Waals surface area contributed by atoms with Gasteiger partial charge in [-0.05, 0) is 6.92 Å². The Morgan fingerprint density at radius 3 is 2.29 bits per heavy atom. The minimum Gasteiger partial charge on any atom is -0.412 e. The van der Waals surface area contributed by atoms with Crippen molar-refractivity contribution in [1.82, 2.24) is 0 Å². The number of nitrogens with zero attached hydrogens (tertiary/aromatic N) is 1. The standard InChI is InChI=1S/C3H6ClNO.H2O/c1-3(6)5-2-4;/h2-3,6H,1H3;1H2. The molecule has 0 aliphatic heterocycles. The van der Waals surface area contributed by atoms with Gasteiger partial charge in [0, 0.05) is 0 Å². The minimum absolute atomic E-state index is 0. The van der Waals surface area contributed by atoms with Crippen molar-refractivity contribution in [2.75, 3.05) is 0 Å². The van der Waals surface area contributed by atoms with Crippen LogP contribution in [0.1, 0.15) is 6.92 Å². The molecule has 0 rings (SSSR count). The third kappa shape index (κ3) is 10.7. The zero-order chi connectivity index (χ0) is 4.99. The van der Waals surface area contributed by atoms with Gasteiger partial charge in [0.2, 0.25) is 0 Å². The normalized spacial score (nSPS) is 13.6. The summed E-state index contributed by atoms with van der Waals surface area (Å²) < 4.78 is 0. The van der Waals surface area contributed by atoms with Gasteiger partial charge in [0.1, 0.15) is 6.23 Å². The van der Waals surface area contributed by atoms with E-state index in [-0.39, 0.29) is 5.48 Å². The smallest absolute Gasteiger partial charge is 0.143 e. The molecule has 0 saturated heterocycles. The van der Waals surface area contributed by atoms with Gasteiger partial charge in [-0.2, -0.15) is 0 Å². The largest absolute Gasteiger partial charge is 0.412 e. The number of hydrogen-bond donors (Lipinski definition) is 1. The van der Waals surface area contributed by atoms with Gasteiger partial charge in [-0.1, -0.05) is 11.6 Å². The Bertz CT molecular complexity index is 54.9. The summed E-state index contributed by atoms with van der Waals surface area (Å²) in [6, 6.07) is 0. The number of rotatable bonds is 1. The highest BCUT2D eigenvalue weighted by Crippen LogP contribution is 1.77. The van der Waals surface area contributed by atoms with E-state index in [1.807, 2.05) is 0 Å². The van der Waals surface area contributed by atoms with Gasteiger partial charge < -0.3 is 10.6 Å². The van der Waals surface area contributed by atoms with E-state index in [1.54, 1.807) is 0 Å². The minimum atomic E-state index is -0.664. The molecule has 0 saturated carbocycles. The second kappa shape index (κ2) is 5.88. The van der Waals surface area contributed by atoms with Crippen LogP contribution in [0.15, 0.2) is 4.99 Å². The Morgan fingerprint density at radius 2 is 2.29 bits per heavy atom. The van der Waals surface area contributed by atoms with E-state index in [0.717, 1.165) is 5.67 Å². The van der Waals surface area contributed by atoms with E-state index >= 15 is 0 Å². The van der Waals surface area contributed by atoms with E-state index < -0.39 is 6.23 Å². The highest BCUT2D eigenvalue weighted by molar-refractivity contribution is 6.56. The number of hydrogen-bond acceptors (Lipinski definition) is 2. The predicted octanol–water partition coefficient (Wildman–Crippen LogP) is -0.233. The van der Waals surface area contributed by atoms with Gasteiger partial charge in [0.15, 0.2) is 0 Å². The lowest BCUT2D eigenvalue weighted by Crippen LogP contribution is -1.90. The molecule has 0 radical (unpaired) electrons. The van der Waals surface area contributed by atoms with E-state index in [0.29, 0.717) is 0 Å². The Balaban J connectivity index is 0. The SMILES string of the molecule is CC(O)N=CCl.O. The summed E-state index contributed by atoms with van der Waals surface area (Å²) in [5, 5.41) is 8.27. The van der Waals surface area contributed by atoms with Crippen molar-refractivity contribution >= 4 is 17.3 Å². The van der Waals surface area contributed by atoms with Gasteiger partial charge in [-0.25, -0.2) is 0 Å². The summed E-state index contributed by atoms with van der Waals surface area (Å²) in [4.78, 5) is 3.32. The van der Waals surface area contributed by atoms with Crippen LogP contribution in [0.25, 0.3) is 0 Å². The van der Waals surface area contributed by atoms with Crippen LogP contribution in [-0.2, 0) is 0 Å². The van der Waals surface area contributed by atoms with Crippen molar-refractivity contribution in [3.05, 3.63) is 0 Å². The van der Waals surface area contributed by atoms with Crippen molar-refractivity contribution in [1.29, 1.82) is 0 Å². The molecule has 0 aromatic heterocycles. The Kier molecular flexibility index (Phi) is 8.39. The fraction of sp³-hybridized carbons (Fsp3) is 0.667. The summed E-state index contributed by atoms with van der Waals surface area (Å²) in [5.74, 6) is 0. The molecule has 0 fully saturated rings. The quantitative estimate of drug-likeness (QED) is 0.484. The summed E-state index contributed by atoms with van der Waals surface area (Å²) in [6.07, 6.45) is -0.664. The molecule has 0 aliphatic carbocycles. The molecule has 0 spiro atoms. The third-order valence-electron chi connectivity index (χ3n) is 0.272. The van der Waals surface area contributed by atoms with Gasteiger partial charge in [-0.3, -0.25) is 4.99 Å². The van der Waals surface area contributed by atoms with E-state index in [1.165, 1.54) is 6.92 Å². The molecule has 0 aromatic rings. The number of aliphatic hydroxyl groups excluding tert-OH is 1. The molecule has 3 N–H and O–H groups in total. The highest BCUT2D eigenvalue weighted by Gasteiger charge is 1.79. The molecule has 0 heterocycles. The highest BCUT2D eigenvalue weighted by atomic mass is 35.5. The van der Waals surface area contributed by atoms with Crippen LogP contribution in [-0.4, -0.2) is 22.5 Å². The maximum Gasteiger partial charge on any atom is 0.143 e. The molecule has 1 atom stereocenters. The monoisotopic (exact) mass is 125 g/mol. The van der Waals surface area contributed by atoms with Crippen LogP contribution in [0.4, 0.5) is 0 Å². The van der Waals surface area contributed by atoms with Crippen molar-refractivity contribution in [3.8, 4) is 0 Å². The molecule has 4 heteroatoms. The molecular formula is C3H8ClNO2. The zero-order valence-corrected chi connectivity index (χ0v) is 4.68. The maximum absolute atomic E-state index is 8.27. The van der Waals surface area contributed by atoms with Crippen LogP contribution in [0.3, 0.4) is 0 Å². The summed E-state index contributed by atoms with van der Waals surface area (Å²) in [7, 11) is 0. The van der Waals surface area contributed by atoms with Gasteiger partial charge in [0.25, 0.3) is 0 Å². The van der Waals surface area contributed by atoms with Crippen LogP contribution in [0, 0.1) is 0 Å². The van der Waals surface area contributed by atoms with E-state index in [2.05, 4.69) is 4.99 Å². The maximum atomic E-state index is 8.27. The average Bonchev–Trinajstić information content (AvgIpc) is 1.35. The van der Waals surface area contributed by atoms with Crippen LogP contribution in [0.5, 0.6) is 0 Å². The molecule has 0 aliphatic rings. The first-order valence-electron chi connectivity index (χ1n) is 1.57. The molecule has 44 valence electrons. The molecule has 3 nitrogen and oxygen atoms in total. The number of aliphatic imine (C=N–C) groups is 1. The second-order valence-corrected chi connectivity index (χ2v) is 1.07. The first kappa shape index (κ1) is 9.99. The van der Waals surface area contributed by atoms with Crippen molar-refractivity contribution < 1.29 is 10.6 Å². The van der Waals surface area contributed by atoms with Gasteiger partial charge >= 0.3 is 0 Å². The van der Waals surface area contributed by atoms with Crippen molar-refractivity contribution in [2.45, 2.75) is 13.2 Å². The molecular weight excluding hydrogens is 117 g/mol. The van der Waals surface area contributed by atoms with Crippen LogP contribution >= 0.6 is 11.6 Å². The molecule has 0 bridgehead atoms. The Morgan fingerprint density at radius 1 is 1.86 bits per heavy atom. The first-order chi connectivity index (χ1) is 2.77. The number of halogens is 1. The number of aliphatic hydroxyl groups is 1. The van der Waals surface area contributed by atoms with E-state index in [4.69, 9.17) is 16.7 Å². The van der Waals surface area contributed by atoms with E-state index in [9.17, 15) is 0 Å². The van der Waals surface area contributed by atoms with Crippen LogP contribution in [0.2, 0.25) is 0 Å². The zero-order valence-electron chi connectivity index (χ0n) is 3.93. The lowest BCUT2D eigenvalue weighted by molar-refractivity contribution is 0.206. The summed E-state index contributed by atoms with van der Waals surface area (Å²) >= 11 is 4.94. The van der Waals surface area contributed by atoms with Crippen molar-refractivity contribution in [2.24, 2.45) is 4.99 Å². The second-order valence-electron chi connectivity index (χ2n) is 0.879. The van der Waals surface area contributed by atoms with Gasteiger partial charge in [0.05, 0.1) is 5.67 Å². The Hall–Kier alpha value is -0.120. The average molecular weight is 126 g/mol. The molecule has 0 amide bonds. The molecule has 0 aromatic carbocycles. The molecule has 1 unspecified atom stereocenters. The van der Waals surface area contributed by atoms with Gasteiger partial charge in [-0.15, -0.1) is 0 Å². The molecule has 7 heavy (non-hydrogen) atoms. The third-order valence-corrected chi connectivity index (χ3v) is 0.385. The summed E-state index contributed by atoms with van der Waals surface area (Å²) in [6.45, 7) is 1.53. The van der Waals surface area contributed by atoms with Crippen LogP contribution < -0.4 is 0 Å². The fourth-order valence-corrected chi connectivity index (χ4v) is 0.245. The topological polar surface area (TPSA) is 64.1 Å². The lowest BCUT2D eigenvalue weighted by atomic mass is 10.7. The summed E-state index contributed by atoms with van der Waals surface area (Å²) in [5.41, 5.74) is 1.05. The lowest BCUT2D eigenvalue weighted by Gasteiger charge is -1.86. The fourth-order valence-electron chi connectivity index (χ4n) is 0.0815. The first-order valence-corrected chi connectivity index (χ1v) is 2.01.